The molecule has 1 heterocycles. The molecular weight excluding hydrogens is 304 g/mol. The smallest absolute Gasteiger partial charge is 0.251 e. The minimum atomic E-state index is -0.150. The molecule has 0 aliphatic rings. The van der Waals surface area contributed by atoms with Crippen molar-refractivity contribution >= 4 is 16.8 Å². The Labute approximate surface area is 139 Å². The monoisotopic (exact) mass is 320 g/mol. The summed E-state index contributed by atoms with van der Waals surface area (Å²) in [5.74, 6) is -0.150. The number of aromatic amines is 1. The molecule has 0 bridgehead atoms. The zero-order valence-electron chi connectivity index (χ0n) is 13.2. The Kier molecular flexibility index (Phi) is 4.54. The van der Waals surface area contributed by atoms with E-state index in [0.717, 1.165) is 22.2 Å². The van der Waals surface area contributed by atoms with E-state index in [4.69, 9.17) is 10.00 Å². The molecule has 120 valence electrons. The minimum Gasteiger partial charge on any atom is -0.383 e. The molecule has 2 N–H and O–H groups in total. The van der Waals surface area contributed by atoms with E-state index in [1.165, 1.54) is 0 Å². The van der Waals surface area contributed by atoms with Crippen LogP contribution in [0.25, 0.3) is 22.2 Å². The Morgan fingerprint density at radius 2 is 2.08 bits per heavy atom. The van der Waals surface area contributed by atoms with Crippen molar-refractivity contribution in [2.45, 2.75) is 0 Å². The molecule has 1 aromatic heterocycles. The number of nitrogens with one attached hydrogen (secondary N) is 2. The standard InChI is InChI=1S/C18H16N4O2/c1-24-9-8-20-18(23)14-6-7-15-16(10-14)21-22-17(15)13-4-2-12(11-19)3-5-13/h2-7,10H,8-9H2,1H3,(H,20,23)(H,21,22). The molecule has 6 nitrogen and oxygen atoms in total. The van der Waals surface area contributed by atoms with E-state index in [9.17, 15) is 4.79 Å². The maximum Gasteiger partial charge on any atom is 0.251 e. The van der Waals surface area contributed by atoms with Crippen LogP contribution in [0.1, 0.15) is 15.9 Å². The molecular formula is C18H16N4O2. The molecule has 0 saturated heterocycles. The predicted molar refractivity (Wildman–Crippen MR) is 90.5 cm³/mol. The second-order valence-corrected chi connectivity index (χ2v) is 5.27. The van der Waals surface area contributed by atoms with Crippen molar-refractivity contribution in [2.75, 3.05) is 20.3 Å². The first-order chi connectivity index (χ1) is 11.7. The summed E-state index contributed by atoms with van der Waals surface area (Å²) in [5, 5.41) is 19.9. The van der Waals surface area contributed by atoms with E-state index in [-0.39, 0.29) is 5.91 Å². The van der Waals surface area contributed by atoms with Gasteiger partial charge in [0.2, 0.25) is 0 Å². The molecule has 3 aromatic rings. The van der Waals surface area contributed by atoms with Gasteiger partial charge in [-0.15, -0.1) is 0 Å². The molecule has 0 atom stereocenters. The summed E-state index contributed by atoms with van der Waals surface area (Å²) >= 11 is 0. The second kappa shape index (κ2) is 6.94. The highest BCUT2D eigenvalue weighted by Crippen LogP contribution is 2.27. The van der Waals surface area contributed by atoms with Crippen LogP contribution in [0.2, 0.25) is 0 Å². The number of carbonyl (C=O) groups excluding carboxylic acids is 1. The fourth-order valence-electron chi connectivity index (χ4n) is 2.45. The molecule has 2 aromatic carbocycles. The molecule has 0 spiro atoms. The van der Waals surface area contributed by atoms with Gasteiger partial charge in [0, 0.05) is 30.2 Å². The highest BCUT2D eigenvalue weighted by atomic mass is 16.5. The van der Waals surface area contributed by atoms with Gasteiger partial charge in [-0.3, -0.25) is 9.89 Å². The largest absolute Gasteiger partial charge is 0.383 e. The van der Waals surface area contributed by atoms with Gasteiger partial charge in [0.15, 0.2) is 0 Å². The Morgan fingerprint density at radius 1 is 1.29 bits per heavy atom. The van der Waals surface area contributed by atoms with Crippen molar-refractivity contribution in [1.29, 1.82) is 5.26 Å². The van der Waals surface area contributed by atoms with Crippen LogP contribution in [0.15, 0.2) is 42.5 Å². The van der Waals surface area contributed by atoms with E-state index in [2.05, 4.69) is 21.6 Å². The van der Waals surface area contributed by atoms with Gasteiger partial charge < -0.3 is 10.1 Å². The molecule has 0 fully saturated rings. The normalized spacial score (nSPS) is 10.5. The van der Waals surface area contributed by atoms with Gasteiger partial charge in [-0.2, -0.15) is 10.4 Å². The summed E-state index contributed by atoms with van der Waals surface area (Å²) in [7, 11) is 1.59. The van der Waals surface area contributed by atoms with Gasteiger partial charge >= 0.3 is 0 Å². The molecule has 0 aliphatic heterocycles. The Hall–Kier alpha value is -3.17. The number of benzene rings is 2. The van der Waals surface area contributed by atoms with Crippen LogP contribution in [0, 0.1) is 11.3 Å². The first-order valence-corrected chi connectivity index (χ1v) is 7.48. The van der Waals surface area contributed by atoms with Gasteiger partial charge in [0.05, 0.1) is 29.5 Å². The summed E-state index contributed by atoms with van der Waals surface area (Å²) in [6, 6.07) is 14.8. The molecule has 0 unspecified atom stereocenters. The Morgan fingerprint density at radius 3 is 2.79 bits per heavy atom. The summed E-state index contributed by atoms with van der Waals surface area (Å²) in [5.41, 5.74) is 3.66. The van der Waals surface area contributed by atoms with E-state index in [1.807, 2.05) is 18.2 Å². The average Bonchev–Trinajstić information content (AvgIpc) is 3.05. The maximum absolute atomic E-state index is 12.1. The quantitative estimate of drug-likeness (QED) is 0.707. The lowest BCUT2D eigenvalue weighted by Crippen LogP contribution is -2.26. The SMILES string of the molecule is COCCNC(=O)c1ccc2c(-c3ccc(C#N)cc3)n[nH]c2c1. The van der Waals surface area contributed by atoms with Crippen molar-refractivity contribution in [3.05, 3.63) is 53.6 Å². The first kappa shape index (κ1) is 15.7. The number of rotatable bonds is 5. The lowest BCUT2D eigenvalue weighted by Gasteiger charge is -2.04. The number of amides is 1. The molecule has 0 aliphatic carbocycles. The Bertz CT molecular complexity index is 907. The average molecular weight is 320 g/mol. The number of nitriles is 1. The van der Waals surface area contributed by atoms with Crippen LogP contribution in [0.3, 0.4) is 0 Å². The van der Waals surface area contributed by atoms with Crippen molar-refractivity contribution in [3.8, 4) is 17.3 Å². The fraction of sp³-hybridized carbons (Fsp3) is 0.167. The van der Waals surface area contributed by atoms with Crippen LogP contribution >= 0.6 is 0 Å². The third kappa shape index (κ3) is 3.12. The molecule has 3 rings (SSSR count). The van der Waals surface area contributed by atoms with E-state index in [1.54, 1.807) is 31.4 Å². The lowest BCUT2D eigenvalue weighted by molar-refractivity contribution is 0.0937. The van der Waals surface area contributed by atoms with Crippen LogP contribution in [-0.2, 0) is 4.74 Å². The molecule has 24 heavy (non-hydrogen) atoms. The van der Waals surface area contributed by atoms with Gasteiger partial charge in [0.25, 0.3) is 5.91 Å². The first-order valence-electron chi connectivity index (χ1n) is 7.48. The van der Waals surface area contributed by atoms with Gasteiger partial charge in [0.1, 0.15) is 0 Å². The molecule has 0 radical (unpaired) electrons. The Balaban J connectivity index is 1.88. The summed E-state index contributed by atoms with van der Waals surface area (Å²) in [4.78, 5) is 12.1. The number of hydrogen-bond donors (Lipinski definition) is 2. The zero-order chi connectivity index (χ0) is 16.9. The van der Waals surface area contributed by atoms with Gasteiger partial charge in [-0.05, 0) is 30.3 Å². The molecule has 6 heteroatoms. The number of methoxy groups -OCH3 is 1. The second-order valence-electron chi connectivity index (χ2n) is 5.27. The number of hydrogen-bond acceptors (Lipinski definition) is 4. The number of ether oxygens (including phenoxy) is 1. The van der Waals surface area contributed by atoms with Crippen LogP contribution in [0.5, 0.6) is 0 Å². The number of carbonyl (C=O) groups is 1. The third-order valence-electron chi connectivity index (χ3n) is 3.70. The number of aromatic nitrogens is 2. The highest BCUT2D eigenvalue weighted by Gasteiger charge is 2.11. The van der Waals surface area contributed by atoms with Crippen molar-refractivity contribution in [2.24, 2.45) is 0 Å². The summed E-state index contributed by atoms with van der Waals surface area (Å²) in [6.07, 6.45) is 0. The van der Waals surface area contributed by atoms with E-state index < -0.39 is 0 Å². The topological polar surface area (TPSA) is 90.8 Å². The summed E-state index contributed by atoms with van der Waals surface area (Å²) in [6.45, 7) is 0.938. The van der Waals surface area contributed by atoms with Crippen LogP contribution in [-0.4, -0.2) is 36.4 Å². The van der Waals surface area contributed by atoms with E-state index >= 15 is 0 Å². The third-order valence-corrected chi connectivity index (χ3v) is 3.70. The van der Waals surface area contributed by atoms with E-state index in [0.29, 0.717) is 24.3 Å². The number of fused-ring (bicyclic) bond motifs is 1. The maximum atomic E-state index is 12.1. The van der Waals surface area contributed by atoms with Gasteiger partial charge in [-0.25, -0.2) is 0 Å². The van der Waals surface area contributed by atoms with Crippen LogP contribution < -0.4 is 5.32 Å². The predicted octanol–water partition coefficient (Wildman–Crippen LogP) is 2.48. The van der Waals surface area contributed by atoms with Crippen molar-refractivity contribution in [1.82, 2.24) is 15.5 Å². The van der Waals surface area contributed by atoms with Crippen molar-refractivity contribution < 1.29 is 9.53 Å². The molecule has 0 saturated carbocycles. The number of nitrogens with zero attached hydrogens (tertiary/aromatic N) is 2. The summed E-state index contributed by atoms with van der Waals surface area (Å²) < 4.78 is 4.92. The minimum absolute atomic E-state index is 0.150. The molecule has 1 amide bonds. The fourth-order valence-corrected chi connectivity index (χ4v) is 2.45. The van der Waals surface area contributed by atoms with Gasteiger partial charge in [-0.1, -0.05) is 12.1 Å². The zero-order valence-corrected chi connectivity index (χ0v) is 13.2. The number of H-pyrrole nitrogens is 1. The highest BCUT2D eigenvalue weighted by molar-refractivity contribution is 6.00. The van der Waals surface area contributed by atoms with Crippen LogP contribution in [0.4, 0.5) is 0 Å². The lowest BCUT2D eigenvalue weighted by atomic mass is 10.0. The van der Waals surface area contributed by atoms with Crippen molar-refractivity contribution in [3.63, 3.8) is 0 Å².